The number of hydrogen-bond acceptors (Lipinski definition) is 5. The summed E-state index contributed by atoms with van der Waals surface area (Å²) in [5, 5.41) is 16.7. The van der Waals surface area contributed by atoms with Gasteiger partial charge in [-0.2, -0.15) is 5.10 Å². The van der Waals surface area contributed by atoms with Gasteiger partial charge < -0.3 is 14.8 Å². The Morgan fingerprint density at radius 1 is 1.23 bits per heavy atom. The van der Waals surface area contributed by atoms with E-state index < -0.39 is 18.0 Å². The highest BCUT2D eigenvalue weighted by Gasteiger charge is 2.33. The second-order valence-electron chi connectivity index (χ2n) is 5.48. The maximum Gasteiger partial charge on any atom is 0.348 e. The summed E-state index contributed by atoms with van der Waals surface area (Å²) >= 11 is 0. The Labute approximate surface area is 148 Å². The summed E-state index contributed by atoms with van der Waals surface area (Å²) in [5.41, 5.74) is 0.804. The molecule has 1 aliphatic rings. The Morgan fingerprint density at radius 2 is 2.04 bits per heavy atom. The summed E-state index contributed by atoms with van der Waals surface area (Å²) in [4.78, 5) is 36.6. The number of furan rings is 1. The molecular weight excluding hydrogens is 340 g/mol. The highest BCUT2D eigenvalue weighted by Crippen LogP contribution is 2.18. The SMILES string of the molecule is O=C(O)Cc1ccccc1NC(=O)N1CCN(/N=C/c2ccco2)C1=O. The van der Waals surface area contributed by atoms with Crippen molar-refractivity contribution in [2.45, 2.75) is 6.42 Å². The Kier molecular flexibility index (Phi) is 4.97. The van der Waals surface area contributed by atoms with Crippen molar-refractivity contribution in [2.75, 3.05) is 18.4 Å². The number of carbonyl (C=O) groups is 3. The first kappa shape index (κ1) is 17.2. The third kappa shape index (κ3) is 3.89. The van der Waals surface area contributed by atoms with Crippen LogP contribution in [0.1, 0.15) is 11.3 Å². The number of carboxylic acids is 1. The van der Waals surface area contributed by atoms with Crippen molar-refractivity contribution in [3.63, 3.8) is 0 Å². The van der Waals surface area contributed by atoms with Crippen molar-refractivity contribution in [3.05, 3.63) is 54.0 Å². The van der Waals surface area contributed by atoms with E-state index in [4.69, 9.17) is 9.52 Å². The van der Waals surface area contributed by atoms with Gasteiger partial charge >= 0.3 is 18.0 Å². The maximum absolute atomic E-state index is 12.4. The molecule has 0 saturated carbocycles. The molecule has 134 valence electrons. The van der Waals surface area contributed by atoms with Crippen LogP contribution >= 0.6 is 0 Å². The number of nitrogens with one attached hydrogen (secondary N) is 1. The van der Waals surface area contributed by atoms with Gasteiger partial charge in [0.05, 0.1) is 32.0 Å². The van der Waals surface area contributed by atoms with Gasteiger partial charge in [-0.15, -0.1) is 0 Å². The highest BCUT2D eigenvalue weighted by molar-refractivity contribution is 6.02. The molecule has 9 nitrogen and oxygen atoms in total. The molecule has 2 N–H and O–H groups in total. The van der Waals surface area contributed by atoms with Crippen molar-refractivity contribution < 1.29 is 23.9 Å². The van der Waals surface area contributed by atoms with E-state index in [9.17, 15) is 14.4 Å². The number of para-hydroxylation sites is 1. The number of hydrogen-bond donors (Lipinski definition) is 2. The minimum atomic E-state index is -1.01. The molecular formula is C17H16N4O5. The summed E-state index contributed by atoms with van der Waals surface area (Å²) in [7, 11) is 0. The monoisotopic (exact) mass is 356 g/mol. The molecule has 0 spiro atoms. The van der Waals surface area contributed by atoms with Crippen LogP contribution in [-0.2, 0) is 11.2 Å². The number of carbonyl (C=O) groups excluding carboxylic acids is 2. The number of hydrazone groups is 1. The lowest BCUT2D eigenvalue weighted by Gasteiger charge is -2.16. The summed E-state index contributed by atoms with van der Waals surface area (Å²) in [6.45, 7) is 0.418. The third-order valence-electron chi connectivity index (χ3n) is 3.70. The molecule has 4 amide bonds. The van der Waals surface area contributed by atoms with Crippen molar-refractivity contribution >= 4 is 29.9 Å². The second-order valence-corrected chi connectivity index (χ2v) is 5.48. The molecule has 0 unspecified atom stereocenters. The van der Waals surface area contributed by atoms with Crippen LogP contribution in [0.25, 0.3) is 0 Å². The van der Waals surface area contributed by atoms with Gasteiger partial charge in [0.1, 0.15) is 5.76 Å². The number of rotatable bonds is 5. The smallest absolute Gasteiger partial charge is 0.348 e. The first-order chi connectivity index (χ1) is 12.5. The number of imide groups is 1. The molecule has 1 fully saturated rings. The quantitative estimate of drug-likeness (QED) is 0.797. The van der Waals surface area contributed by atoms with Gasteiger partial charge in [0.2, 0.25) is 0 Å². The van der Waals surface area contributed by atoms with Gasteiger partial charge in [-0.05, 0) is 23.8 Å². The predicted molar refractivity (Wildman–Crippen MR) is 91.9 cm³/mol. The summed E-state index contributed by atoms with van der Waals surface area (Å²) in [5.74, 6) is -0.523. The van der Waals surface area contributed by atoms with Crippen LogP contribution in [0.2, 0.25) is 0 Å². The zero-order valence-corrected chi connectivity index (χ0v) is 13.7. The fourth-order valence-electron chi connectivity index (χ4n) is 2.45. The Balaban J connectivity index is 1.66. The molecule has 26 heavy (non-hydrogen) atoms. The van der Waals surface area contributed by atoms with Gasteiger partial charge in [-0.3, -0.25) is 4.79 Å². The zero-order valence-electron chi connectivity index (χ0n) is 13.7. The molecule has 1 aliphatic heterocycles. The van der Waals surface area contributed by atoms with Crippen LogP contribution in [0.5, 0.6) is 0 Å². The number of anilines is 1. The molecule has 0 bridgehead atoms. The van der Waals surface area contributed by atoms with E-state index in [2.05, 4.69) is 10.4 Å². The number of aliphatic carboxylic acids is 1. The van der Waals surface area contributed by atoms with Gasteiger partial charge in [-0.25, -0.2) is 19.5 Å². The van der Waals surface area contributed by atoms with E-state index in [1.165, 1.54) is 12.5 Å². The molecule has 0 atom stereocenters. The van der Waals surface area contributed by atoms with Gasteiger partial charge in [0.15, 0.2) is 0 Å². The molecule has 3 rings (SSSR count). The maximum atomic E-state index is 12.4. The molecule has 1 saturated heterocycles. The van der Waals surface area contributed by atoms with Crippen molar-refractivity contribution in [1.29, 1.82) is 0 Å². The lowest BCUT2D eigenvalue weighted by molar-refractivity contribution is -0.136. The number of amides is 4. The normalized spacial score (nSPS) is 14.2. The van der Waals surface area contributed by atoms with E-state index in [1.807, 2.05) is 0 Å². The number of urea groups is 2. The first-order valence-corrected chi connectivity index (χ1v) is 7.82. The molecule has 0 radical (unpaired) electrons. The van der Waals surface area contributed by atoms with E-state index in [1.54, 1.807) is 36.4 Å². The van der Waals surface area contributed by atoms with Gasteiger partial charge in [0, 0.05) is 5.69 Å². The number of carboxylic acid groups (broad SMARTS) is 1. The molecule has 9 heteroatoms. The Bertz CT molecular complexity index is 847. The average Bonchev–Trinajstić information content (AvgIpc) is 3.24. The molecule has 1 aromatic heterocycles. The van der Waals surface area contributed by atoms with Crippen LogP contribution in [0.3, 0.4) is 0 Å². The minimum Gasteiger partial charge on any atom is -0.481 e. The van der Waals surface area contributed by atoms with E-state index in [0.717, 1.165) is 9.91 Å². The molecule has 2 heterocycles. The fraction of sp³-hybridized carbons (Fsp3) is 0.176. The van der Waals surface area contributed by atoms with Gasteiger partial charge in [0.25, 0.3) is 0 Å². The van der Waals surface area contributed by atoms with Crippen molar-refractivity contribution in [3.8, 4) is 0 Å². The molecule has 2 aromatic rings. The predicted octanol–water partition coefficient (Wildman–Crippen LogP) is 2.21. The van der Waals surface area contributed by atoms with E-state index in [0.29, 0.717) is 17.0 Å². The standard InChI is InChI=1S/C17H16N4O5/c22-15(23)10-12-4-1-2-6-14(12)19-16(24)20-7-8-21(17(20)25)18-11-13-5-3-9-26-13/h1-6,9,11H,7-8,10H2,(H,19,24)(H,22,23)/b18-11+. The average molecular weight is 356 g/mol. The van der Waals surface area contributed by atoms with Crippen molar-refractivity contribution in [2.24, 2.45) is 5.10 Å². The Hall–Kier alpha value is -3.62. The molecule has 1 aromatic carbocycles. The summed E-state index contributed by atoms with van der Waals surface area (Å²) < 4.78 is 5.10. The largest absolute Gasteiger partial charge is 0.481 e. The van der Waals surface area contributed by atoms with Crippen LogP contribution in [0, 0.1) is 0 Å². The van der Waals surface area contributed by atoms with Gasteiger partial charge in [-0.1, -0.05) is 18.2 Å². The van der Waals surface area contributed by atoms with Crippen LogP contribution in [0.4, 0.5) is 15.3 Å². The fourth-order valence-corrected chi connectivity index (χ4v) is 2.45. The lowest BCUT2D eigenvalue weighted by atomic mass is 10.1. The van der Waals surface area contributed by atoms with E-state index in [-0.39, 0.29) is 19.5 Å². The van der Waals surface area contributed by atoms with Crippen molar-refractivity contribution in [1.82, 2.24) is 9.91 Å². The number of nitrogens with zero attached hydrogens (tertiary/aromatic N) is 3. The van der Waals surface area contributed by atoms with E-state index >= 15 is 0 Å². The zero-order chi connectivity index (χ0) is 18.5. The third-order valence-corrected chi connectivity index (χ3v) is 3.70. The Morgan fingerprint density at radius 3 is 2.77 bits per heavy atom. The second kappa shape index (κ2) is 7.51. The summed E-state index contributed by atoms with van der Waals surface area (Å²) in [6, 6.07) is 8.73. The van der Waals surface area contributed by atoms with Crippen LogP contribution in [-0.4, -0.2) is 52.4 Å². The topological polar surface area (TPSA) is 115 Å². The van der Waals surface area contributed by atoms with Crippen LogP contribution < -0.4 is 5.32 Å². The molecule has 0 aliphatic carbocycles. The summed E-state index contributed by atoms with van der Waals surface area (Å²) in [6.07, 6.45) is 2.65. The lowest BCUT2D eigenvalue weighted by Crippen LogP contribution is -2.38. The number of benzene rings is 1. The highest BCUT2D eigenvalue weighted by atomic mass is 16.4. The minimum absolute atomic E-state index is 0.168. The first-order valence-electron chi connectivity index (χ1n) is 7.82. The van der Waals surface area contributed by atoms with Crippen LogP contribution in [0.15, 0.2) is 52.2 Å².